The molecule has 0 fully saturated rings. The minimum absolute atomic E-state index is 0.0378. The Kier molecular flexibility index (Phi) is 5.42. The van der Waals surface area contributed by atoms with Crippen LogP contribution in [0.2, 0.25) is 0 Å². The maximum absolute atomic E-state index is 5.35. The van der Waals surface area contributed by atoms with E-state index in [-0.39, 0.29) is 5.60 Å². The number of rotatable bonds is 5. The van der Waals surface area contributed by atoms with Crippen LogP contribution in [-0.2, 0) is 4.74 Å². The Labute approximate surface area is 85.0 Å². The second kappa shape index (κ2) is 5.23. The summed E-state index contributed by atoms with van der Waals surface area (Å²) in [4.78, 5) is 0.602. The quantitative estimate of drug-likeness (QED) is 0.663. The first-order chi connectivity index (χ1) is 5.39. The van der Waals surface area contributed by atoms with E-state index in [1.807, 2.05) is 0 Å². The highest BCUT2D eigenvalue weighted by Crippen LogP contribution is 2.23. The predicted octanol–water partition coefficient (Wildman–Crippen LogP) is 3.61. The lowest BCUT2D eigenvalue weighted by molar-refractivity contribution is 0.0110. The van der Waals surface area contributed by atoms with E-state index in [4.69, 9.17) is 4.74 Å². The largest absolute Gasteiger partial charge is 0.379 e. The molecule has 2 heteroatoms. The highest BCUT2D eigenvalue weighted by molar-refractivity contribution is 9.09. The molecule has 0 aromatic heterocycles. The molecule has 74 valence electrons. The summed E-state index contributed by atoms with van der Waals surface area (Å²) in [6.07, 6.45) is 2.34. The van der Waals surface area contributed by atoms with Gasteiger partial charge < -0.3 is 4.74 Å². The molecule has 0 saturated heterocycles. The molecular weight excluding hydrogens is 216 g/mol. The maximum atomic E-state index is 5.35. The monoisotopic (exact) mass is 236 g/mol. The van der Waals surface area contributed by atoms with Crippen LogP contribution in [0.5, 0.6) is 0 Å². The van der Waals surface area contributed by atoms with Gasteiger partial charge in [0.25, 0.3) is 0 Å². The summed E-state index contributed by atoms with van der Waals surface area (Å²) in [5.41, 5.74) is 0.0378. The van der Waals surface area contributed by atoms with Crippen molar-refractivity contribution in [2.45, 2.75) is 51.0 Å². The maximum Gasteiger partial charge on any atom is 0.0622 e. The van der Waals surface area contributed by atoms with E-state index in [9.17, 15) is 0 Å². The van der Waals surface area contributed by atoms with Gasteiger partial charge in [0.1, 0.15) is 0 Å². The summed E-state index contributed by atoms with van der Waals surface area (Å²) >= 11 is 3.59. The van der Waals surface area contributed by atoms with Crippen molar-refractivity contribution >= 4 is 15.9 Å². The second-order valence-corrected chi connectivity index (χ2v) is 5.60. The number of hydrogen-bond acceptors (Lipinski definition) is 1. The highest BCUT2D eigenvalue weighted by Gasteiger charge is 2.18. The van der Waals surface area contributed by atoms with Crippen molar-refractivity contribution in [2.75, 3.05) is 7.11 Å². The molecule has 0 rings (SSSR count). The first kappa shape index (κ1) is 12.4. The molecule has 12 heavy (non-hydrogen) atoms. The standard InChI is InChI=1S/C10H21BrO/c1-8(9(2)11)6-7-10(3,4)12-5/h8-9H,6-7H2,1-5H3. The van der Waals surface area contributed by atoms with Gasteiger partial charge in [-0.3, -0.25) is 0 Å². The molecule has 0 bridgehead atoms. The van der Waals surface area contributed by atoms with Crippen molar-refractivity contribution in [1.82, 2.24) is 0 Å². The molecule has 0 aromatic rings. The summed E-state index contributed by atoms with van der Waals surface area (Å²) in [7, 11) is 1.78. The van der Waals surface area contributed by atoms with Gasteiger partial charge in [0, 0.05) is 11.9 Å². The molecule has 0 radical (unpaired) electrons. The number of ether oxygens (including phenoxy) is 1. The molecule has 1 nitrogen and oxygen atoms in total. The van der Waals surface area contributed by atoms with Gasteiger partial charge in [-0.2, -0.15) is 0 Å². The minimum Gasteiger partial charge on any atom is -0.379 e. The fourth-order valence-electron chi connectivity index (χ4n) is 0.907. The summed E-state index contributed by atoms with van der Waals surface area (Å²) in [5.74, 6) is 0.722. The lowest BCUT2D eigenvalue weighted by Gasteiger charge is -2.25. The van der Waals surface area contributed by atoms with Gasteiger partial charge in [-0.15, -0.1) is 0 Å². The summed E-state index contributed by atoms with van der Waals surface area (Å²) < 4.78 is 5.35. The van der Waals surface area contributed by atoms with Crippen molar-refractivity contribution in [3.63, 3.8) is 0 Å². The molecule has 0 heterocycles. The van der Waals surface area contributed by atoms with E-state index in [2.05, 4.69) is 43.6 Å². The molecule has 0 saturated carbocycles. The SMILES string of the molecule is COC(C)(C)CCC(C)C(C)Br. The molecule has 2 atom stereocenters. The van der Waals surface area contributed by atoms with Crippen molar-refractivity contribution in [3.05, 3.63) is 0 Å². The zero-order valence-corrected chi connectivity index (χ0v) is 10.4. The average molecular weight is 237 g/mol. The highest BCUT2D eigenvalue weighted by atomic mass is 79.9. The Morgan fingerprint density at radius 2 is 1.83 bits per heavy atom. The molecule has 0 amide bonds. The van der Waals surface area contributed by atoms with Crippen molar-refractivity contribution in [1.29, 1.82) is 0 Å². The minimum atomic E-state index is 0.0378. The Balaban J connectivity index is 3.67. The van der Waals surface area contributed by atoms with Crippen LogP contribution in [0.4, 0.5) is 0 Å². The fraction of sp³-hybridized carbons (Fsp3) is 1.00. The van der Waals surface area contributed by atoms with Gasteiger partial charge in [-0.1, -0.05) is 29.8 Å². The molecule has 2 unspecified atom stereocenters. The zero-order valence-electron chi connectivity index (χ0n) is 8.86. The van der Waals surface area contributed by atoms with Crippen molar-refractivity contribution in [3.8, 4) is 0 Å². The Morgan fingerprint density at radius 3 is 2.17 bits per heavy atom. The predicted molar refractivity (Wildman–Crippen MR) is 57.9 cm³/mol. The van der Waals surface area contributed by atoms with E-state index in [0.717, 1.165) is 12.3 Å². The van der Waals surface area contributed by atoms with Crippen LogP contribution in [0, 0.1) is 5.92 Å². The molecule has 0 aliphatic heterocycles. The fourth-order valence-corrected chi connectivity index (χ4v) is 1.17. The molecule has 0 aromatic carbocycles. The van der Waals surface area contributed by atoms with Gasteiger partial charge in [-0.25, -0.2) is 0 Å². The van der Waals surface area contributed by atoms with Gasteiger partial charge in [0.15, 0.2) is 0 Å². The average Bonchev–Trinajstić information content (AvgIpc) is 2.00. The van der Waals surface area contributed by atoms with Crippen LogP contribution in [0.3, 0.4) is 0 Å². The lowest BCUT2D eigenvalue weighted by atomic mass is 9.94. The summed E-state index contributed by atoms with van der Waals surface area (Å²) in [5, 5.41) is 0. The molecule has 0 aliphatic carbocycles. The molecule has 0 spiro atoms. The van der Waals surface area contributed by atoms with E-state index in [0.29, 0.717) is 4.83 Å². The van der Waals surface area contributed by atoms with Crippen LogP contribution >= 0.6 is 15.9 Å². The molecular formula is C10H21BrO. The van der Waals surface area contributed by atoms with Gasteiger partial charge in [0.2, 0.25) is 0 Å². The van der Waals surface area contributed by atoms with Gasteiger partial charge in [-0.05, 0) is 32.6 Å². The smallest absolute Gasteiger partial charge is 0.0622 e. The summed E-state index contributed by atoms with van der Waals surface area (Å²) in [6, 6.07) is 0. The first-order valence-corrected chi connectivity index (χ1v) is 5.50. The van der Waals surface area contributed by atoms with Gasteiger partial charge >= 0.3 is 0 Å². The summed E-state index contributed by atoms with van der Waals surface area (Å²) in [6.45, 7) is 8.74. The molecule has 0 N–H and O–H groups in total. The number of halogens is 1. The normalized spacial score (nSPS) is 17.5. The van der Waals surface area contributed by atoms with Crippen molar-refractivity contribution in [2.24, 2.45) is 5.92 Å². The number of methoxy groups -OCH3 is 1. The van der Waals surface area contributed by atoms with E-state index >= 15 is 0 Å². The Hall–Kier alpha value is 0.440. The van der Waals surface area contributed by atoms with Crippen LogP contribution in [0.1, 0.15) is 40.5 Å². The third-order valence-corrected chi connectivity index (χ3v) is 3.44. The van der Waals surface area contributed by atoms with Crippen LogP contribution in [-0.4, -0.2) is 17.5 Å². The second-order valence-electron chi connectivity index (χ2n) is 4.16. The van der Waals surface area contributed by atoms with Crippen LogP contribution in [0.25, 0.3) is 0 Å². The van der Waals surface area contributed by atoms with Gasteiger partial charge in [0.05, 0.1) is 5.60 Å². The Morgan fingerprint density at radius 1 is 1.33 bits per heavy atom. The number of hydrogen-bond donors (Lipinski definition) is 0. The third-order valence-electron chi connectivity index (χ3n) is 2.54. The third kappa shape index (κ3) is 5.15. The van der Waals surface area contributed by atoms with Crippen molar-refractivity contribution < 1.29 is 4.74 Å². The zero-order chi connectivity index (χ0) is 9.78. The van der Waals surface area contributed by atoms with E-state index in [1.165, 1.54) is 6.42 Å². The van der Waals surface area contributed by atoms with Crippen LogP contribution in [0.15, 0.2) is 0 Å². The number of alkyl halides is 1. The molecule has 0 aliphatic rings. The Bertz CT molecular complexity index is 121. The van der Waals surface area contributed by atoms with E-state index < -0.39 is 0 Å². The van der Waals surface area contributed by atoms with E-state index in [1.54, 1.807) is 7.11 Å². The lowest BCUT2D eigenvalue weighted by Crippen LogP contribution is -2.24. The topological polar surface area (TPSA) is 9.23 Å². The van der Waals surface area contributed by atoms with Crippen LogP contribution < -0.4 is 0 Å². The first-order valence-electron chi connectivity index (χ1n) is 4.58.